The lowest BCUT2D eigenvalue weighted by Gasteiger charge is -2.04. The van der Waals surface area contributed by atoms with Crippen LogP contribution in [0.5, 0.6) is 0 Å². The van der Waals surface area contributed by atoms with Crippen LogP contribution < -0.4 is 0 Å². The first-order chi connectivity index (χ1) is 8.24. The zero-order valence-corrected chi connectivity index (χ0v) is 11.6. The zero-order valence-electron chi connectivity index (χ0n) is 9.99. The van der Waals surface area contributed by atoms with E-state index in [-0.39, 0.29) is 11.5 Å². The van der Waals surface area contributed by atoms with Crippen LogP contribution in [-0.4, -0.2) is 36.8 Å². The van der Waals surface area contributed by atoms with E-state index in [9.17, 15) is 16.8 Å². The second-order valence-electron chi connectivity index (χ2n) is 3.56. The normalized spacial score (nSPS) is 12.6. The van der Waals surface area contributed by atoms with Gasteiger partial charge in [0.15, 0.2) is 9.84 Å². The van der Waals surface area contributed by atoms with Gasteiger partial charge in [-0.25, -0.2) is 12.6 Å². The number of sulfone groups is 1. The van der Waals surface area contributed by atoms with E-state index in [4.69, 9.17) is 0 Å². The SMILES string of the molecule is COS(=O)(=O)OCCc1ccc(S(C)(=O)=O)cc1. The van der Waals surface area contributed by atoms with Crippen molar-refractivity contribution >= 4 is 20.2 Å². The third-order valence-electron chi connectivity index (χ3n) is 2.17. The van der Waals surface area contributed by atoms with Crippen molar-refractivity contribution in [1.82, 2.24) is 0 Å². The monoisotopic (exact) mass is 294 g/mol. The molecule has 0 radical (unpaired) electrons. The summed E-state index contributed by atoms with van der Waals surface area (Å²) in [5, 5.41) is 0. The van der Waals surface area contributed by atoms with Crippen molar-refractivity contribution in [2.45, 2.75) is 11.3 Å². The van der Waals surface area contributed by atoms with E-state index in [1.165, 1.54) is 12.1 Å². The van der Waals surface area contributed by atoms with Gasteiger partial charge < -0.3 is 0 Å². The molecule has 0 N–H and O–H groups in total. The van der Waals surface area contributed by atoms with Gasteiger partial charge in [0.25, 0.3) is 0 Å². The first-order valence-electron chi connectivity index (χ1n) is 4.98. The number of hydrogen-bond donors (Lipinski definition) is 0. The first-order valence-corrected chi connectivity index (χ1v) is 8.21. The Morgan fingerprint density at radius 1 is 1.06 bits per heavy atom. The van der Waals surface area contributed by atoms with Gasteiger partial charge in [0.1, 0.15) is 0 Å². The molecule has 0 aliphatic heterocycles. The maximum atomic E-state index is 11.2. The molecular weight excluding hydrogens is 280 g/mol. The van der Waals surface area contributed by atoms with E-state index in [0.717, 1.165) is 18.9 Å². The van der Waals surface area contributed by atoms with Gasteiger partial charge >= 0.3 is 10.4 Å². The summed E-state index contributed by atoms with van der Waals surface area (Å²) in [6, 6.07) is 6.16. The Balaban J connectivity index is 2.61. The van der Waals surface area contributed by atoms with Gasteiger partial charge in [-0.1, -0.05) is 12.1 Å². The van der Waals surface area contributed by atoms with Crippen LogP contribution in [0.25, 0.3) is 0 Å². The minimum Gasteiger partial charge on any atom is -0.252 e. The summed E-state index contributed by atoms with van der Waals surface area (Å²) in [6.07, 6.45) is 1.46. The van der Waals surface area contributed by atoms with E-state index in [2.05, 4.69) is 8.37 Å². The summed E-state index contributed by atoms with van der Waals surface area (Å²) < 4.78 is 52.7. The van der Waals surface area contributed by atoms with E-state index in [1.54, 1.807) is 12.1 Å². The van der Waals surface area contributed by atoms with E-state index in [0.29, 0.717) is 6.42 Å². The highest BCUT2D eigenvalue weighted by molar-refractivity contribution is 7.90. The molecule has 0 fully saturated rings. The molecule has 0 aliphatic rings. The summed E-state index contributed by atoms with van der Waals surface area (Å²) in [5.41, 5.74) is 0.772. The summed E-state index contributed by atoms with van der Waals surface area (Å²) in [4.78, 5) is 0.219. The second kappa shape index (κ2) is 5.79. The Bertz CT molecular complexity index is 586. The van der Waals surface area contributed by atoms with Gasteiger partial charge in [-0.15, -0.1) is 0 Å². The highest BCUT2D eigenvalue weighted by Gasteiger charge is 2.09. The largest absolute Gasteiger partial charge is 0.399 e. The fraction of sp³-hybridized carbons (Fsp3) is 0.400. The van der Waals surface area contributed by atoms with Gasteiger partial charge in [0.2, 0.25) is 0 Å². The average molecular weight is 294 g/mol. The molecule has 8 heteroatoms. The summed E-state index contributed by atoms with van der Waals surface area (Å²) in [7, 11) is -6.12. The Hall–Kier alpha value is -0.960. The smallest absolute Gasteiger partial charge is 0.252 e. The third kappa shape index (κ3) is 4.73. The maximum absolute atomic E-state index is 11.2. The van der Waals surface area contributed by atoms with Crippen molar-refractivity contribution in [1.29, 1.82) is 0 Å². The fourth-order valence-electron chi connectivity index (χ4n) is 1.21. The highest BCUT2D eigenvalue weighted by atomic mass is 32.3. The van der Waals surface area contributed by atoms with Crippen LogP contribution >= 0.6 is 0 Å². The van der Waals surface area contributed by atoms with Gasteiger partial charge in [-0.3, -0.25) is 4.18 Å². The Morgan fingerprint density at radius 2 is 1.61 bits per heavy atom. The van der Waals surface area contributed by atoms with Crippen molar-refractivity contribution in [2.75, 3.05) is 20.0 Å². The molecule has 0 spiro atoms. The van der Waals surface area contributed by atoms with E-state index in [1.807, 2.05) is 0 Å². The molecule has 0 bridgehead atoms. The lowest BCUT2D eigenvalue weighted by Crippen LogP contribution is -2.10. The van der Waals surface area contributed by atoms with Gasteiger partial charge in [-0.05, 0) is 24.1 Å². The van der Waals surface area contributed by atoms with E-state index >= 15 is 0 Å². The molecule has 6 nitrogen and oxygen atoms in total. The van der Waals surface area contributed by atoms with Crippen molar-refractivity contribution in [3.63, 3.8) is 0 Å². The molecule has 18 heavy (non-hydrogen) atoms. The summed E-state index contributed by atoms with van der Waals surface area (Å²) in [5.74, 6) is 0. The molecule has 0 amide bonds. The Morgan fingerprint density at radius 3 is 2.06 bits per heavy atom. The van der Waals surface area contributed by atoms with Crippen LogP contribution in [0.15, 0.2) is 29.2 Å². The second-order valence-corrected chi connectivity index (χ2v) is 6.96. The molecule has 1 rings (SSSR count). The van der Waals surface area contributed by atoms with Crippen LogP contribution in [0.2, 0.25) is 0 Å². The standard InChI is InChI=1S/C10H14O6S2/c1-15-18(13,14)16-8-7-9-3-5-10(6-4-9)17(2,11)12/h3-6H,7-8H2,1-2H3. The first kappa shape index (κ1) is 15.1. The molecule has 0 saturated carbocycles. The topological polar surface area (TPSA) is 86.7 Å². The van der Waals surface area contributed by atoms with Crippen LogP contribution in [0.4, 0.5) is 0 Å². The average Bonchev–Trinajstić information content (AvgIpc) is 2.28. The van der Waals surface area contributed by atoms with Crippen molar-refractivity contribution in [3.05, 3.63) is 29.8 Å². The molecule has 0 atom stereocenters. The van der Waals surface area contributed by atoms with Crippen molar-refractivity contribution in [3.8, 4) is 0 Å². The van der Waals surface area contributed by atoms with Gasteiger partial charge in [-0.2, -0.15) is 8.42 Å². The molecule has 0 saturated heterocycles. The number of rotatable bonds is 6. The Kier molecular flexibility index (Phi) is 4.85. The summed E-state index contributed by atoms with van der Waals surface area (Å²) >= 11 is 0. The fourth-order valence-corrected chi connectivity index (χ4v) is 2.23. The van der Waals surface area contributed by atoms with Crippen LogP contribution in [0.3, 0.4) is 0 Å². The quantitative estimate of drug-likeness (QED) is 0.761. The zero-order chi connectivity index (χ0) is 13.8. The molecule has 102 valence electrons. The van der Waals surface area contributed by atoms with Gasteiger partial charge in [0.05, 0.1) is 18.6 Å². The minimum atomic E-state index is -3.92. The predicted octanol–water partition coefficient (Wildman–Crippen LogP) is 0.540. The van der Waals surface area contributed by atoms with Crippen molar-refractivity contribution < 1.29 is 25.2 Å². The number of hydrogen-bond acceptors (Lipinski definition) is 6. The highest BCUT2D eigenvalue weighted by Crippen LogP contribution is 2.11. The lowest BCUT2D eigenvalue weighted by molar-refractivity contribution is 0.246. The van der Waals surface area contributed by atoms with Crippen molar-refractivity contribution in [2.24, 2.45) is 0 Å². The third-order valence-corrected chi connectivity index (χ3v) is 4.17. The van der Waals surface area contributed by atoms with Crippen LogP contribution in [0.1, 0.15) is 5.56 Å². The molecule has 0 unspecified atom stereocenters. The molecule has 0 heterocycles. The van der Waals surface area contributed by atoms with E-state index < -0.39 is 20.2 Å². The van der Waals surface area contributed by atoms with Crippen LogP contribution in [-0.2, 0) is 35.0 Å². The summed E-state index contributed by atoms with van der Waals surface area (Å²) in [6.45, 7) is -0.0611. The maximum Gasteiger partial charge on any atom is 0.399 e. The molecular formula is C10H14O6S2. The molecule has 0 aliphatic carbocycles. The predicted molar refractivity (Wildman–Crippen MR) is 65.1 cm³/mol. The molecule has 1 aromatic carbocycles. The molecule has 0 aromatic heterocycles. The van der Waals surface area contributed by atoms with Crippen LogP contribution in [0, 0.1) is 0 Å². The number of benzene rings is 1. The lowest BCUT2D eigenvalue weighted by atomic mass is 10.2. The minimum absolute atomic E-state index is 0.0611. The Labute approximate surface area is 107 Å². The molecule has 1 aromatic rings. The van der Waals surface area contributed by atoms with Gasteiger partial charge in [0, 0.05) is 6.26 Å².